The van der Waals surface area contributed by atoms with E-state index in [1.54, 1.807) is 19.3 Å². The largest absolute Gasteiger partial charge is 0.478 e. The molecule has 4 nitrogen and oxygen atoms in total. The van der Waals surface area contributed by atoms with E-state index in [2.05, 4.69) is 4.90 Å². The molecule has 0 fully saturated rings. The van der Waals surface area contributed by atoms with Crippen molar-refractivity contribution in [1.29, 1.82) is 0 Å². The Kier molecular flexibility index (Phi) is 4.79. The van der Waals surface area contributed by atoms with Gasteiger partial charge in [0.25, 0.3) is 0 Å². The smallest absolute Gasteiger partial charge is 0.330 e. The van der Waals surface area contributed by atoms with E-state index in [1.807, 2.05) is 19.1 Å². The molecule has 1 heterocycles. The Morgan fingerprint density at radius 3 is 2.88 bits per heavy atom. The van der Waals surface area contributed by atoms with Gasteiger partial charge in [0.1, 0.15) is 5.76 Å². The maximum Gasteiger partial charge on any atom is 0.330 e. The molecule has 0 aliphatic heterocycles. The summed E-state index contributed by atoms with van der Waals surface area (Å²) >= 11 is 0. The number of rotatable bonds is 6. The minimum absolute atomic E-state index is 0.373. The fraction of sp³-hybridized carbons (Fsp3) is 0.417. The van der Waals surface area contributed by atoms with Crippen LogP contribution in [0.15, 0.2) is 34.5 Å². The molecule has 1 aromatic rings. The van der Waals surface area contributed by atoms with Crippen LogP contribution in [-0.2, 0) is 11.3 Å². The summed E-state index contributed by atoms with van der Waals surface area (Å²) in [5.41, 5.74) is 0.373. The third-order valence-electron chi connectivity index (χ3n) is 2.40. The average molecular weight is 223 g/mol. The Bertz CT molecular complexity index is 354. The quantitative estimate of drug-likeness (QED) is 0.751. The summed E-state index contributed by atoms with van der Waals surface area (Å²) < 4.78 is 5.24. The molecule has 88 valence electrons. The molecule has 1 N–H and O–H groups in total. The van der Waals surface area contributed by atoms with Crippen LogP contribution in [0.1, 0.15) is 19.6 Å². The summed E-state index contributed by atoms with van der Waals surface area (Å²) in [7, 11) is 0. The normalized spacial score (nSPS) is 12.1. The van der Waals surface area contributed by atoms with E-state index in [-0.39, 0.29) is 0 Å². The molecule has 1 rings (SSSR count). The predicted molar refractivity (Wildman–Crippen MR) is 61.1 cm³/mol. The monoisotopic (exact) mass is 223 g/mol. The van der Waals surface area contributed by atoms with Crippen molar-refractivity contribution in [2.75, 3.05) is 13.1 Å². The van der Waals surface area contributed by atoms with Crippen LogP contribution in [-0.4, -0.2) is 29.1 Å². The van der Waals surface area contributed by atoms with E-state index in [1.165, 1.54) is 0 Å². The highest BCUT2D eigenvalue weighted by Gasteiger charge is 2.05. The molecular weight excluding hydrogens is 206 g/mol. The van der Waals surface area contributed by atoms with Crippen LogP contribution < -0.4 is 0 Å². The van der Waals surface area contributed by atoms with Crippen molar-refractivity contribution in [3.05, 3.63) is 35.8 Å². The molecule has 0 aliphatic rings. The fourth-order valence-electron chi connectivity index (χ4n) is 1.28. The van der Waals surface area contributed by atoms with Gasteiger partial charge in [-0.15, -0.1) is 0 Å². The van der Waals surface area contributed by atoms with Gasteiger partial charge in [0.05, 0.1) is 12.8 Å². The summed E-state index contributed by atoms with van der Waals surface area (Å²) in [5, 5.41) is 8.72. The van der Waals surface area contributed by atoms with Crippen LogP contribution in [0.5, 0.6) is 0 Å². The SMILES string of the molecule is CCN(CC=C(C)C(=O)O)Cc1ccco1. The van der Waals surface area contributed by atoms with E-state index in [4.69, 9.17) is 9.52 Å². The highest BCUT2D eigenvalue weighted by atomic mass is 16.4. The van der Waals surface area contributed by atoms with Crippen LogP contribution in [0.25, 0.3) is 0 Å². The van der Waals surface area contributed by atoms with Crippen LogP contribution in [0, 0.1) is 0 Å². The van der Waals surface area contributed by atoms with E-state index in [0.717, 1.165) is 12.3 Å². The molecule has 0 saturated carbocycles. The van der Waals surface area contributed by atoms with E-state index < -0.39 is 5.97 Å². The molecule has 0 aliphatic carbocycles. The number of hydrogen-bond acceptors (Lipinski definition) is 3. The summed E-state index contributed by atoms with van der Waals surface area (Å²) in [6.07, 6.45) is 3.36. The molecule has 0 saturated heterocycles. The van der Waals surface area contributed by atoms with Gasteiger partial charge >= 0.3 is 5.97 Å². The van der Waals surface area contributed by atoms with Gasteiger partial charge in [0, 0.05) is 12.1 Å². The van der Waals surface area contributed by atoms with E-state index >= 15 is 0 Å². The first-order chi connectivity index (χ1) is 7.63. The summed E-state index contributed by atoms with van der Waals surface area (Å²) in [5.74, 6) is 0.0253. The van der Waals surface area contributed by atoms with Gasteiger partial charge in [0.2, 0.25) is 0 Å². The van der Waals surface area contributed by atoms with Crippen LogP contribution in [0.4, 0.5) is 0 Å². The second kappa shape index (κ2) is 6.12. The van der Waals surface area contributed by atoms with Crippen LogP contribution in [0.2, 0.25) is 0 Å². The lowest BCUT2D eigenvalue weighted by Crippen LogP contribution is -2.23. The van der Waals surface area contributed by atoms with Crippen LogP contribution in [0.3, 0.4) is 0 Å². The number of carboxylic acids is 1. The second-order valence-corrected chi connectivity index (χ2v) is 3.60. The number of likely N-dealkylation sites (N-methyl/N-ethyl adjacent to an activating group) is 1. The molecular formula is C12H17NO3. The number of carbonyl (C=O) groups is 1. The van der Waals surface area contributed by atoms with Gasteiger partial charge in [-0.1, -0.05) is 13.0 Å². The Morgan fingerprint density at radius 1 is 1.62 bits per heavy atom. The Morgan fingerprint density at radius 2 is 2.38 bits per heavy atom. The summed E-state index contributed by atoms with van der Waals surface area (Å²) in [6, 6.07) is 3.76. The van der Waals surface area contributed by atoms with Gasteiger partial charge in [0.15, 0.2) is 0 Å². The van der Waals surface area contributed by atoms with Crippen molar-refractivity contribution in [3.8, 4) is 0 Å². The highest BCUT2D eigenvalue weighted by Crippen LogP contribution is 2.05. The number of hydrogen-bond donors (Lipinski definition) is 1. The van der Waals surface area contributed by atoms with E-state index in [9.17, 15) is 4.79 Å². The Balaban J connectivity index is 2.50. The standard InChI is InChI=1S/C12H17NO3/c1-3-13(7-6-10(2)12(14)15)9-11-5-4-8-16-11/h4-6,8H,3,7,9H2,1-2H3,(H,14,15). The Hall–Kier alpha value is -1.55. The Labute approximate surface area is 95.2 Å². The van der Waals surface area contributed by atoms with Crippen molar-refractivity contribution in [2.45, 2.75) is 20.4 Å². The lowest BCUT2D eigenvalue weighted by molar-refractivity contribution is -0.132. The highest BCUT2D eigenvalue weighted by molar-refractivity contribution is 5.85. The molecule has 0 radical (unpaired) electrons. The van der Waals surface area contributed by atoms with Gasteiger partial charge in [-0.2, -0.15) is 0 Å². The molecule has 4 heteroatoms. The number of nitrogens with zero attached hydrogens (tertiary/aromatic N) is 1. The molecule has 0 aromatic carbocycles. The second-order valence-electron chi connectivity index (χ2n) is 3.60. The molecule has 0 bridgehead atoms. The fourth-order valence-corrected chi connectivity index (χ4v) is 1.28. The van der Waals surface area contributed by atoms with Crippen molar-refractivity contribution >= 4 is 5.97 Å². The third-order valence-corrected chi connectivity index (χ3v) is 2.40. The van der Waals surface area contributed by atoms with Gasteiger partial charge < -0.3 is 9.52 Å². The van der Waals surface area contributed by atoms with Gasteiger partial charge in [-0.3, -0.25) is 4.90 Å². The lowest BCUT2D eigenvalue weighted by atomic mass is 10.2. The molecule has 0 spiro atoms. The number of carboxylic acid groups (broad SMARTS) is 1. The predicted octanol–water partition coefficient (Wildman–Crippen LogP) is 2.13. The minimum atomic E-state index is -0.867. The molecule has 0 amide bonds. The van der Waals surface area contributed by atoms with E-state index in [0.29, 0.717) is 18.7 Å². The third kappa shape index (κ3) is 3.90. The van der Waals surface area contributed by atoms with Crippen molar-refractivity contribution < 1.29 is 14.3 Å². The van der Waals surface area contributed by atoms with Gasteiger partial charge in [-0.05, 0) is 25.6 Å². The topological polar surface area (TPSA) is 53.7 Å². The zero-order valence-electron chi connectivity index (χ0n) is 9.64. The maximum absolute atomic E-state index is 10.6. The van der Waals surface area contributed by atoms with Crippen molar-refractivity contribution in [3.63, 3.8) is 0 Å². The number of aliphatic carboxylic acids is 1. The lowest BCUT2D eigenvalue weighted by Gasteiger charge is -2.16. The molecule has 0 atom stereocenters. The zero-order chi connectivity index (χ0) is 12.0. The first kappa shape index (κ1) is 12.5. The number of furan rings is 1. The summed E-state index contributed by atoms with van der Waals surface area (Å²) in [6.45, 7) is 5.81. The van der Waals surface area contributed by atoms with Crippen molar-refractivity contribution in [1.82, 2.24) is 4.90 Å². The molecule has 0 unspecified atom stereocenters. The average Bonchev–Trinajstić information content (AvgIpc) is 2.76. The van der Waals surface area contributed by atoms with Crippen molar-refractivity contribution in [2.24, 2.45) is 0 Å². The first-order valence-corrected chi connectivity index (χ1v) is 5.28. The maximum atomic E-state index is 10.6. The minimum Gasteiger partial charge on any atom is -0.478 e. The van der Waals surface area contributed by atoms with Crippen LogP contribution >= 0.6 is 0 Å². The zero-order valence-corrected chi connectivity index (χ0v) is 9.64. The molecule has 1 aromatic heterocycles. The first-order valence-electron chi connectivity index (χ1n) is 5.28. The van der Waals surface area contributed by atoms with Gasteiger partial charge in [-0.25, -0.2) is 4.79 Å². The summed E-state index contributed by atoms with van der Waals surface area (Å²) in [4.78, 5) is 12.7. The molecule has 16 heavy (non-hydrogen) atoms.